The van der Waals surface area contributed by atoms with E-state index in [1.54, 1.807) is 24.0 Å². The second-order valence-corrected chi connectivity index (χ2v) is 12.4. The minimum absolute atomic E-state index is 0.211. The van der Waals surface area contributed by atoms with Gasteiger partial charge in [-0.2, -0.15) is 13.2 Å². The van der Waals surface area contributed by atoms with Crippen molar-refractivity contribution in [3.05, 3.63) is 0 Å². The Bertz CT molecular complexity index is 781. The van der Waals surface area contributed by atoms with Gasteiger partial charge in [0, 0.05) is 40.4 Å². The summed E-state index contributed by atoms with van der Waals surface area (Å²) in [5.41, 5.74) is -0.845. The molecule has 0 atom stereocenters. The summed E-state index contributed by atoms with van der Waals surface area (Å²) in [6.07, 6.45) is -0.167. The van der Waals surface area contributed by atoms with Gasteiger partial charge in [0.1, 0.15) is 11.2 Å². The second kappa shape index (κ2) is 20.0. The number of nitrogens with zero attached hydrogens (tertiary/aromatic N) is 2. The molecule has 43 heavy (non-hydrogen) atoms. The van der Waals surface area contributed by atoms with Gasteiger partial charge in [0.25, 0.3) is 0 Å². The van der Waals surface area contributed by atoms with Crippen molar-refractivity contribution in [3.63, 3.8) is 0 Å². The molecule has 3 rings (SSSR count). The number of halogens is 3. The van der Waals surface area contributed by atoms with Gasteiger partial charge in [0.05, 0.1) is 18.3 Å². The van der Waals surface area contributed by atoms with Crippen molar-refractivity contribution in [3.8, 4) is 0 Å². The minimum atomic E-state index is -4.64. The molecule has 3 aliphatic heterocycles. The first-order chi connectivity index (χ1) is 19.8. The van der Waals surface area contributed by atoms with E-state index in [2.05, 4.69) is 5.32 Å². The number of amides is 2. The Labute approximate surface area is 254 Å². The van der Waals surface area contributed by atoms with E-state index >= 15 is 0 Å². The predicted molar refractivity (Wildman–Crippen MR) is 156 cm³/mol. The molecule has 0 aromatic rings. The van der Waals surface area contributed by atoms with Crippen LogP contribution in [0.25, 0.3) is 0 Å². The third kappa shape index (κ3) is 22.1. The molecule has 11 nitrogen and oxygen atoms in total. The third-order valence-electron chi connectivity index (χ3n) is 6.30. The zero-order valence-electron chi connectivity index (χ0n) is 27.1. The van der Waals surface area contributed by atoms with Crippen molar-refractivity contribution in [1.82, 2.24) is 15.1 Å². The molecule has 3 saturated heterocycles. The number of likely N-dealkylation sites (tertiary alicyclic amines) is 2. The number of ether oxygens (including phenoxy) is 4. The van der Waals surface area contributed by atoms with Crippen LogP contribution in [0.2, 0.25) is 0 Å². The predicted octanol–water partition coefficient (Wildman–Crippen LogP) is 4.54. The van der Waals surface area contributed by atoms with Gasteiger partial charge < -0.3 is 39.2 Å². The zero-order chi connectivity index (χ0) is 33.3. The number of methoxy groups -OCH3 is 2. The van der Waals surface area contributed by atoms with Crippen molar-refractivity contribution >= 4 is 18.5 Å². The molecule has 3 heterocycles. The molecular weight excluding hydrogens is 575 g/mol. The molecule has 254 valence electrons. The SMILES string of the molecule is CC(C)(C)OC(=O)N1CCC(O)CC1.COC1CCN(C(=O)OC(C)(C)C)CC1.COC1CCNCC1.O=CC(F)(F)F. The minimum Gasteiger partial charge on any atom is -0.444 e. The maximum Gasteiger partial charge on any atom is 0.446 e. The molecule has 14 heteroatoms. The summed E-state index contributed by atoms with van der Waals surface area (Å²) in [7, 11) is 3.50. The number of alkyl halides is 3. The molecular formula is C29H54F3N3O8. The van der Waals surface area contributed by atoms with E-state index in [1.165, 1.54) is 12.8 Å². The molecule has 0 aromatic heterocycles. The first-order valence-corrected chi connectivity index (χ1v) is 14.7. The van der Waals surface area contributed by atoms with Crippen LogP contribution in [0, 0.1) is 0 Å². The van der Waals surface area contributed by atoms with Gasteiger partial charge in [0.2, 0.25) is 6.29 Å². The lowest BCUT2D eigenvalue weighted by molar-refractivity contribution is -0.156. The highest BCUT2D eigenvalue weighted by Crippen LogP contribution is 2.17. The molecule has 2 amide bonds. The van der Waals surface area contributed by atoms with Gasteiger partial charge in [0.15, 0.2) is 0 Å². The topological polar surface area (TPSA) is 127 Å². The number of carbonyl (C=O) groups excluding carboxylic acids is 3. The molecule has 3 aliphatic rings. The van der Waals surface area contributed by atoms with E-state index in [4.69, 9.17) is 23.7 Å². The van der Waals surface area contributed by atoms with Crippen LogP contribution in [0.4, 0.5) is 22.8 Å². The summed E-state index contributed by atoms with van der Waals surface area (Å²) in [5.74, 6) is 0. The highest BCUT2D eigenvalue weighted by Gasteiger charge is 2.27. The molecule has 0 spiro atoms. The number of aliphatic hydroxyl groups is 1. The number of carbonyl (C=O) groups is 3. The summed E-state index contributed by atoms with van der Waals surface area (Å²) in [6.45, 7) is 16.1. The van der Waals surface area contributed by atoms with E-state index in [9.17, 15) is 27.9 Å². The Hall–Kier alpha value is -2.16. The lowest BCUT2D eigenvalue weighted by atomic mass is 10.1. The molecule has 0 aromatic carbocycles. The van der Waals surface area contributed by atoms with Crippen LogP contribution in [-0.2, 0) is 23.7 Å². The molecule has 0 unspecified atom stereocenters. The number of rotatable bonds is 2. The zero-order valence-corrected chi connectivity index (χ0v) is 27.1. The van der Waals surface area contributed by atoms with E-state index < -0.39 is 23.7 Å². The number of hydrogen-bond acceptors (Lipinski definition) is 9. The fourth-order valence-corrected chi connectivity index (χ4v) is 4.01. The summed E-state index contributed by atoms with van der Waals surface area (Å²) in [6, 6.07) is 0. The van der Waals surface area contributed by atoms with Crippen molar-refractivity contribution in [2.75, 3.05) is 53.5 Å². The second-order valence-electron chi connectivity index (χ2n) is 12.4. The van der Waals surface area contributed by atoms with Gasteiger partial charge >= 0.3 is 18.4 Å². The number of aliphatic hydroxyl groups excluding tert-OH is 1. The van der Waals surface area contributed by atoms with E-state index in [-0.39, 0.29) is 18.3 Å². The fraction of sp³-hybridized carbons (Fsp3) is 0.897. The van der Waals surface area contributed by atoms with Crippen molar-refractivity contribution in [2.24, 2.45) is 0 Å². The van der Waals surface area contributed by atoms with Gasteiger partial charge in [-0.3, -0.25) is 4.79 Å². The van der Waals surface area contributed by atoms with Gasteiger partial charge in [-0.05, 0) is 93.2 Å². The van der Waals surface area contributed by atoms with Crippen LogP contribution in [0.1, 0.15) is 80.1 Å². The van der Waals surface area contributed by atoms with E-state index in [0.29, 0.717) is 38.1 Å². The largest absolute Gasteiger partial charge is 0.446 e. The van der Waals surface area contributed by atoms with E-state index in [0.717, 1.165) is 39.0 Å². The number of aldehydes is 1. The van der Waals surface area contributed by atoms with Crippen molar-refractivity contribution in [1.29, 1.82) is 0 Å². The van der Waals surface area contributed by atoms with Crippen LogP contribution < -0.4 is 5.32 Å². The average molecular weight is 630 g/mol. The lowest BCUT2D eigenvalue weighted by Gasteiger charge is -2.32. The van der Waals surface area contributed by atoms with Crippen molar-refractivity contribution < 1.29 is 51.6 Å². The lowest BCUT2D eigenvalue weighted by Crippen LogP contribution is -2.43. The Kier molecular flexibility index (Phi) is 19.0. The van der Waals surface area contributed by atoms with Crippen LogP contribution in [0.5, 0.6) is 0 Å². The fourth-order valence-electron chi connectivity index (χ4n) is 4.01. The molecule has 3 fully saturated rings. The number of hydrogen-bond donors (Lipinski definition) is 2. The summed E-state index contributed by atoms with van der Waals surface area (Å²) in [4.78, 5) is 35.3. The quantitative estimate of drug-likeness (QED) is 0.423. The van der Waals surface area contributed by atoms with Gasteiger partial charge in [-0.1, -0.05) is 0 Å². The summed E-state index contributed by atoms with van der Waals surface area (Å²) < 4.78 is 52.2. The molecule has 0 radical (unpaired) electrons. The standard InChI is InChI=1S/C11H21NO3.C10H19NO3.C6H13NO.C2HF3O/c1-11(2,3)15-10(13)12-7-5-9(14-4)6-8-12;1-10(2,3)14-9(13)11-6-4-8(12)5-7-11;1-8-6-2-4-7-5-3-6;3-2(4,5)1-6/h9H,5-8H2,1-4H3;8,12H,4-7H2,1-3H3;6-7H,2-5H2,1H3;1H. The molecule has 0 aliphatic carbocycles. The smallest absolute Gasteiger partial charge is 0.444 e. The summed E-state index contributed by atoms with van der Waals surface area (Å²) in [5, 5.41) is 12.5. The van der Waals surface area contributed by atoms with Gasteiger partial charge in [-0.15, -0.1) is 0 Å². The first kappa shape index (κ1) is 40.8. The van der Waals surface area contributed by atoms with Crippen LogP contribution >= 0.6 is 0 Å². The maximum absolute atomic E-state index is 11.7. The Morgan fingerprint density at radius 1 is 0.721 bits per heavy atom. The van der Waals surface area contributed by atoms with Crippen LogP contribution in [0.3, 0.4) is 0 Å². The first-order valence-electron chi connectivity index (χ1n) is 14.7. The monoisotopic (exact) mass is 629 g/mol. The Balaban J connectivity index is 0.000000581. The maximum atomic E-state index is 11.7. The molecule has 0 saturated carbocycles. The Morgan fingerprint density at radius 2 is 1.05 bits per heavy atom. The Morgan fingerprint density at radius 3 is 1.33 bits per heavy atom. The highest BCUT2D eigenvalue weighted by atomic mass is 19.4. The van der Waals surface area contributed by atoms with Gasteiger partial charge in [-0.25, -0.2) is 9.59 Å². The van der Waals surface area contributed by atoms with Crippen LogP contribution in [-0.4, -0.2) is 123 Å². The average Bonchev–Trinajstić information content (AvgIpc) is 2.92. The van der Waals surface area contributed by atoms with E-state index in [1.807, 2.05) is 41.5 Å². The normalized spacial score (nSPS) is 19.0. The molecule has 0 bridgehead atoms. The third-order valence-corrected chi connectivity index (χ3v) is 6.30. The number of piperidine rings is 3. The number of nitrogens with one attached hydrogen (secondary N) is 1. The van der Waals surface area contributed by atoms with Crippen LogP contribution in [0.15, 0.2) is 0 Å². The highest BCUT2D eigenvalue weighted by molar-refractivity contribution is 5.68. The summed E-state index contributed by atoms with van der Waals surface area (Å²) >= 11 is 0. The molecule has 2 N–H and O–H groups in total. The van der Waals surface area contributed by atoms with Crippen molar-refractivity contribution in [2.45, 2.75) is 116 Å².